The highest BCUT2D eigenvalue weighted by Gasteiger charge is 2.14. The van der Waals surface area contributed by atoms with E-state index in [4.69, 9.17) is 10.2 Å². The fourth-order valence-corrected chi connectivity index (χ4v) is 1.81. The molecule has 7 heteroatoms. The molecule has 0 saturated carbocycles. The zero-order valence-corrected chi connectivity index (χ0v) is 11.1. The van der Waals surface area contributed by atoms with Crippen molar-refractivity contribution >= 4 is 22.9 Å². The molecule has 0 spiro atoms. The van der Waals surface area contributed by atoms with Gasteiger partial charge in [0, 0.05) is 14.1 Å². The van der Waals surface area contributed by atoms with Crippen LogP contribution in [0.2, 0.25) is 0 Å². The van der Waals surface area contributed by atoms with Gasteiger partial charge in [0.15, 0.2) is 5.58 Å². The highest BCUT2D eigenvalue weighted by Crippen LogP contribution is 2.19. The van der Waals surface area contributed by atoms with Crippen molar-refractivity contribution in [1.29, 1.82) is 0 Å². The van der Waals surface area contributed by atoms with Crippen molar-refractivity contribution in [3.05, 3.63) is 40.2 Å². The monoisotopic (exact) mass is 276 g/mol. The summed E-state index contributed by atoms with van der Waals surface area (Å²) < 4.78 is 4.93. The number of fused-ring (bicyclic) bond motifs is 1. The van der Waals surface area contributed by atoms with Gasteiger partial charge in [-0.3, -0.25) is 14.6 Å². The maximum atomic E-state index is 11.5. The number of hydrogen-bond acceptors (Lipinski definition) is 4. The van der Waals surface area contributed by atoms with Crippen LogP contribution in [0.15, 0.2) is 21.3 Å². The zero-order chi connectivity index (χ0) is 14.9. The second-order valence-corrected chi connectivity index (χ2v) is 4.54. The average molecular weight is 276 g/mol. The summed E-state index contributed by atoms with van der Waals surface area (Å²) in [5.41, 5.74) is 6.60. The predicted octanol–water partition coefficient (Wildman–Crippen LogP) is 0.0550. The van der Waals surface area contributed by atoms with Crippen molar-refractivity contribution in [3.8, 4) is 0 Å². The topological polar surface area (TPSA) is 109 Å². The average Bonchev–Trinajstić information content (AvgIpc) is 2.74. The van der Waals surface area contributed by atoms with Crippen molar-refractivity contribution in [2.24, 2.45) is 5.73 Å². The van der Waals surface area contributed by atoms with Gasteiger partial charge in [-0.15, -0.1) is 0 Å². The lowest BCUT2D eigenvalue weighted by molar-refractivity contribution is -0.125. The van der Waals surface area contributed by atoms with E-state index in [1.54, 1.807) is 20.2 Å². The number of nitrogens with two attached hydrogens (primary N) is 1. The van der Waals surface area contributed by atoms with Gasteiger partial charge in [-0.1, -0.05) is 0 Å². The van der Waals surface area contributed by atoms with Gasteiger partial charge >= 0.3 is 5.76 Å². The van der Waals surface area contributed by atoms with Gasteiger partial charge in [0.1, 0.15) is 0 Å². The van der Waals surface area contributed by atoms with E-state index in [2.05, 4.69) is 4.98 Å². The molecule has 0 unspecified atom stereocenters. The molecular formula is C13H14N3O4. The summed E-state index contributed by atoms with van der Waals surface area (Å²) in [5, 5.41) is 0. The first-order valence-corrected chi connectivity index (χ1v) is 5.88. The van der Waals surface area contributed by atoms with Crippen LogP contribution in [0.4, 0.5) is 0 Å². The smallest absolute Gasteiger partial charge is 0.408 e. The summed E-state index contributed by atoms with van der Waals surface area (Å²) in [7, 11) is 3.28. The third-order valence-corrected chi connectivity index (χ3v) is 2.81. The summed E-state index contributed by atoms with van der Waals surface area (Å²) in [6, 6.07) is 3.13. The quantitative estimate of drug-likeness (QED) is 0.822. The second-order valence-electron chi connectivity index (χ2n) is 4.54. The Morgan fingerprint density at radius 1 is 1.40 bits per heavy atom. The Balaban J connectivity index is 2.37. The number of carbonyl (C=O) groups is 2. The van der Waals surface area contributed by atoms with Gasteiger partial charge < -0.3 is 15.1 Å². The molecule has 0 aliphatic carbocycles. The molecule has 2 aromatic rings. The second kappa shape index (κ2) is 5.20. The molecule has 20 heavy (non-hydrogen) atoms. The normalized spacial score (nSPS) is 10.7. The number of amides is 2. The lowest BCUT2D eigenvalue weighted by atomic mass is 10.0. The van der Waals surface area contributed by atoms with Crippen LogP contribution in [0.25, 0.3) is 11.1 Å². The molecule has 2 amide bonds. The molecule has 1 heterocycles. The highest BCUT2D eigenvalue weighted by atomic mass is 16.4. The van der Waals surface area contributed by atoms with Crippen LogP contribution in [0.3, 0.4) is 0 Å². The number of benzene rings is 1. The molecule has 1 aromatic carbocycles. The van der Waals surface area contributed by atoms with E-state index in [1.807, 2.05) is 0 Å². The molecule has 105 valence electrons. The minimum Gasteiger partial charge on any atom is -0.408 e. The fraction of sp³-hybridized carbons (Fsp3) is 0.231. The molecule has 7 nitrogen and oxygen atoms in total. The number of hydrogen-bond donors (Lipinski definition) is 2. The minimum atomic E-state index is -0.673. The summed E-state index contributed by atoms with van der Waals surface area (Å²) in [5.74, 6) is -1.48. The molecule has 3 N–H and O–H groups in total. The Bertz CT molecular complexity index is 727. The molecule has 0 bridgehead atoms. The number of rotatable bonds is 4. The number of nitrogens with one attached hydrogen (secondary N) is 1. The number of aromatic nitrogens is 1. The number of carbonyl (C=O) groups excluding carboxylic acids is 2. The Morgan fingerprint density at radius 2 is 2.10 bits per heavy atom. The number of H-pyrrole nitrogens is 1. The van der Waals surface area contributed by atoms with Crippen LogP contribution in [0.1, 0.15) is 15.9 Å². The standard InChI is InChI=1S/C13H14N3O4/c1-16(2)10(17)4-3-7-5-8(12(14)18)11-9(6-7)20-13(19)15-11/h4-6H,3H2,1-2H3,(H2,14,18)(H,15,19). The first kappa shape index (κ1) is 13.9. The van der Waals surface area contributed by atoms with E-state index in [0.29, 0.717) is 12.0 Å². The fourth-order valence-electron chi connectivity index (χ4n) is 1.81. The molecule has 0 saturated heterocycles. The first-order valence-electron chi connectivity index (χ1n) is 5.88. The summed E-state index contributed by atoms with van der Waals surface area (Å²) in [6.07, 6.45) is 1.78. The van der Waals surface area contributed by atoms with Crippen LogP contribution >= 0.6 is 0 Å². The number of aromatic amines is 1. The molecular weight excluding hydrogens is 262 g/mol. The maximum absolute atomic E-state index is 11.5. The molecule has 1 radical (unpaired) electrons. The van der Waals surface area contributed by atoms with Gasteiger partial charge in [0.25, 0.3) is 5.91 Å². The molecule has 0 atom stereocenters. The van der Waals surface area contributed by atoms with E-state index in [0.717, 1.165) is 0 Å². The van der Waals surface area contributed by atoms with E-state index < -0.39 is 11.7 Å². The van der Waals surface area contributed by atoms with Gasteiger partial charge in [0.05, 0.1) is 17.5 Å². The van der Waals surface area contributed by atoms with Gasteiger partial charge in [0.2, 0.25) is 5.91 Å². The van der Waals surface area contributed by atoms with Crippen LogP contribution in [0.5, 0.6) is 0 Å². The molecule has 0 aliphatic heterocycles. The van der Waals surface area contributed by atoms with E-state index >= 15 is 0 Å². The van der Waals surface area contributed by atoms with E-state index in [-0.39, 0.29) is 22.6 Å². The predicted molar refractivity (Wildman–Crippen MR) is 72.1 cm³/mol. The van der Waals surface area contributed by atoms with Crippen molar-refractivity contribution in [1.82, 2.24) is 9.88 Å². The third-order valence-electron chi connectivity index (χ3n) is 2.81. The van der Waals surface area contributed by atoms with Crippen LogP contribution in [0, 0.1) is 6.42 Å². The lowest BCUT2D eigenvalue weighted by Crippen LogP contribution is -2.22. The summed E-state index contributed by atoms with van der Waals surface area (Å²) in [6.45, 7) is 0. The minimum absolute atomic E-state index is 0.152. The van der Waals surface area contributed by atoms with Crippen LogP contribution < -0.4 is 11.5 Å². The lowest BCUT2D eigenvalue weighted by Gasteiger charge is -2.09. The highest BCUT2D eigenvalue weighted by molar-refractivity contribution is 6.03. The molecule has 0 fully saturated rings. The number of oxazole rings is 1. The Hall–Kier alpha value is -2.57. The van der Waals surface area contributed by atoms with Crippen molar-refractivity contribution in [2.75, 3.05) is 14.1 Å². The van der Waals surface area contributed by atoms with Gasteiger partial charge in [-0.05, 0) is 24.1 Å². The SMILES string of the molecule is CN(C)C(=O)[CH]Cc1cc(C(N)=O)c2[nH]c(=O)oc2c1. The number of primary amides is 1. The Morgan fingerprint density at radius 3 is 2.70 bits per heavy atom. The zero-order valence-electron chi connectivity index (χ0n) is 11.1. The van der Waals surface area contributed by atoms with Crippen molar-refractivity contribution in [3.63, 3.8) is 0 Å². The Labute approximate surface area is 114 Å². The van der Waals surface area contributed by atoms with Crippen molar-refractivity contribution in [2.45, 2.75) is 6.42 Å². The summed E-state index contributed by atoms with van der Waals surface area (Å²) in [4.78, 5) is 37.9. The van der Waals surface area contributed by atoms with E-state index in [9.17, 15) is 14.4 Å². The van der Waals surface area contributed by atoms with Gasteiger partial charge in [-0.2, -0.15) is 0 Å². The van der Waals surface area contributed by atoms with Gasteiger partial charge in [-0.25, -0.2) is 4.79 Å². The number of nitrogens with zero attached hydrogens (tertiary/aromatic N) is 1. The molecule has 2 rings (SSSR count). The van der Waals surface area contributed by atoms with Crippen LogP contribution in [-0.2, 0) is 11.2 Å². The Kier molecular flexibility index (Phi) is 3.60. The van der Waals surface area contributed by atoms with E-state index in [1.165, 1.54) is 17.4 Å². The van der Waals surface area contributed by atoms with Crippen molar-refractivity contribution < 1.29 is 14.0 Å². The first-order chi connectivity index (χ1) is 9.38. The largest absolute Gasteiger partial charge is 0.417 e. The summed E-state index contributed by atoms with van der Waals surface area (Å²) >= 11 is 0. The van der Waals surface area contributed by atoms with Crippen LogP contribution in [-0.4, -0.2) is 35.8 Å². The third kappa shape index (κ3) is 2.71. The maximum Gasteiger partial charge on any atom is 0.417 e. The molecule has 0 aliphatic rings. The molecule has 1 aromatic heterocycles.